The number of aryl methyl sites for hydroxylation is 1. The zero-order chi connectivity index (χ0) is 51.5. The van der Waals surface area contributed by atoms with E-state index in [0.29, 0.717) is 62.9 Å². The van der Waals surface area contributed by atoms with E-state index in [-0.39, 0.29) is 46.3 Å². The first-order valence-electron chi connectivity index (χ1n) is 23.9. The summed E-state index contributed by atoms with van der Waals surface area (Å²) in [5, 5.41) is 21.4. The minimum Gasteiger partial charge on any atom is -0.508 e. The maximum Gasteiger partial charge on any atom is 0.255 e. The number of Topliss-reactive ketones (excluding diaryl/α,β-unsaturated/α-hetero) is 2. The van der Waals surface area contributed by atoms with Gasteiger partial charge in [0.05, 0.1) is 0 Å². The molecule has 5 N–H and O–H groups in total. The molecule has 0 radical (unpaired) electrons. The van der Waals surface area contributed by atoms with Gasteiger partial charge in [0.15, 0.2) is 5.78 Å². The molecule has 0 aliphatic rings. The molecule has 0 spiro atoms. The first-order valence-corrected chi connectivity index (χ1v) is 23.9. The molecule has 13 nitrogen and oxygen atoms in total. The number of nitrogens with one attached hydrogen (secondary N) is 4. The molecule has 71 heavy (non-hydrogen) atoms. The SMILES string of the molecule is CC(=O)c1cccc(C(=O)Nc2cccc(Oc3ccc(NC(=O)c4cc(O)cc(C(=O)Nc5cccc(Oc6ccc(C)cc6)c5)c4)cc3)c2)c1.CCC(CCC(CC)C(=O)NC)CC(CC)C(C)=O. The Morgan fingerprint density at radius 2 is 0.986 bits per heavy atom. The second-order valence-electron chi connectivity index (χ2n) is 17.4. The number of aromatic hydroxyl groups is 1. The molecule has 0 saturated carbocycles. The van der Waals surface area contributed by atoms with E-state index < -0.39 is 11.8 Å². The number of carbonyl (C=O) groups excluding carboxylic acids is 6. The van der Waals surface area contributed by atoms with E-state index in [2.05, 4.69) is 42.0 Å². The monoisotopic (exact) mass is 960 g/mol. The van der Waals surface area contributed by atoms with Crippen molar-refractivity contribution in [3.05, 3.63) is 167 Å². The molecule has 4 amide bonds. The van der Waals surface area contributed by atoms with Crippen LogP contribution < -0.4 is 30.7 Å². The number of rotatable bonds is 21. The third kappa shape index (κ3) is 16.8. The lowest BCUT2D eigenvalue weighted by molar-refractivity contribution is -0.125. The molecule has 6 rings (SSSR count). The van der Waals surface area contributed by atoms with Gasteiger partial charge < -0.3 is 35.8 Å². The van der Waals surface area contributed by atoms with Crippen LogP contribution in [0.4, 0.5) is 17.1 Å². The Hall–Kier alpha value is -8.06. The highest BCUT2D eigenvalue weighted by Crippen LogP contribution is 2.29. The molecule has 6 aromatic rings. The minimum atomic E-state index is -0.538. The molecular weight excluding hydrogens is 897 g/mol. The van der Waals surface area contributed by atoms with Gasteiger partial charge in [-0.3, -0.25) is 28.8 Å². The Balaban J connectivity index is 0.000000418. The van der Waals surface area contributed by atoms with Gasteiger partial charge in [-0.05, 0) is 150 Å². The molecule has 13 heteroatoms. The largest absolute Gasteiger partial charge is 0.508 e. The molecule has 3 unspecified atom stereocenters. The van der Waals surface area contributed by atoms with Gasteiger partial charge in [0.1, 0.15) is 34.5 Å². The van der Waals surface area contributed by atoms with E-state index in [1.54, 1.807) is 111 Å². The lowest BCUT2D eigenvalue weighted by Gasteiger charge is -2.22. The number of carbonyl (C=O) groups is 6. The Morgan fingerprint density at radius 3 is 1.48 bits per heavy atom. The van der Waals surface area contributed by atoms with Gasteiger partial charge in [-0.15, -0.1) is 0 Å². The summed E-state index contributed by atoms with van der Waals surface area (Å²) in [7, 11) is 1.70. The number of hydrogen-bond donors (Lipinski definition) is 5. The number of phenols is 1. The van der Waals surface area contributed by atoms with Gasteiger partial charge >= 0.3 is 0 Å². The Bertz CT molecular complexity index is 2790. The van der Waals surface area contributed by atoms with Crippen molar-refractivity contribution in [2.45, 2.75) is 80.1 Å². The van der Waals surface area contributed by atoms with Crippen molar-refractivity contribution >= 4 is 52.3 Å². The summed E-state index contributed by atoms with van der Waals surface area (Å²) in [4.78, 5) is 73.9. The van der Waals surface area contributed by atoms with E-state index in [1.807, 2.05) is 31.2 Å². The Kier molecular flexibility index (Phi) is 20.2. The van der Waals surface area contributed by atoms with Crippen LogP contribution >= 0.6 is 0 Å². The summed E-state index contributed by atoms with van der Waals surface area (Å²) in [6, 6.07) is 38.3. The molecule has 6 aromatic carbocycles. The lowest BCUT2D eigenvalue weighted by Crippen LogP contribution is -2.27. The predicted octanol–water partition coefficient (Wildman–Crippen LogP) is 12.8. The fourth-order valence-corrected chi connectivity index (χ4v) is 7.79. The van der Waals surface area contributed by atoms with Crippen LogP contribution in [0, 0.1) is 24.7 Å². The molecule has 0 aliphatic carbocycles. The van der Waals surface area contributed by atoms with E-state index >= 15 is 0 Å². The fraction of sp³-hybridized carbons (Fsp3) is 0.276. The Morgan fingerprint density at radius 1 is 0.507 bits per heavy atom. The number of hydrogen-bond acceptors (Lipinski definition) is 9. The zero-order valence-corrected chi connectivity index (χ0v) is 41.5. The summed E-state index contributed by atoms with van der Waals surface area (Å²) < 4.78 is 11.8. The third-order valence-corrected chi connectivity index (χ3v) is 12.1. The summed E-state index contributed by atoms with van der Waals surface area (Å²) in [6.07, 6.45) is 5.87. The van der Waals surface area contributed by atoms with Crippen molar-refractivity contribution in [3.63, 3.8) is 0 Å². The maximum atomic E-state index is 13.1. The average molecular weight is 961 g/mol. The van der Waals surface area contributed by atoms with Crippen LogP contribution in [0.15, 0.2) is 140 Å². The van der Waals surface area contributed by atoms with E-state index in [4.69, 9.17) is 9.47 Å². The smallest absolute Gasteiger partial charge is 0.255 e. The fourth-order valence-electron chi connectivity index (χ4n) is 7.79. The standard InChI is InChI=1S/C42H33N3O7.C16H31NO2/c1-26-12-16-36(17-13-26)51-38-10-5-9-34(25-38)45-42(50)31-21-30(22-35(47)23-31)41(49)43-32-14-18-37(19-15-32)52-39-11-4-8-33(24-39)44-40(48)29-7-3-6-28(20-29)27(2)46;1-6-13(11-15(8-3)12(4)18)9-10-14(7-2)16(19)17-5/h3-25,47H,1-2H3,(H,43,49)(H,44,48)(H,45,50);13-15H,6-11H2,1-5H3,(H,17,19). The number of ketones is 2. The highest BCUT2D eigenvalue weighted by molar-refractivity contribution is 6.09. The molecule has 370 valence electrons. The van der Waals surface area contributed by atoms with Crippen molar-refractivity contribution in [1.29, 1.82) is 0 Å². The molecule has 0 aliphatic heterocycles. The van der Waals surface area contributed by atoms with E-state index in [1.165, 1.54) is 25.1 Å². The number of ether oxygens (including phenoxy) is 2. The van der Waals surface area contributed by atoms with Crippen molar-refractivity contribution in [1.82, 2.24) is 5.32 Å². The molecule has 0 fully saturated rings. The van der Waals surface area contributed by atoms with E-state index in [9.17, 15) is 33.9 Å². The summed E-state index contributed by atoms with van der Waals surface area (Å²) in [5.74, 6) is 1.65. The number of amides is 4. The van der Waals surface area contributed by atoms with Crippen LogP contribution in [0.1, 0.15) is 120 Å². The first kappa shape index (κ1) is 53.9. The Labute approximate surface area is 416 Å². The lowest BCUT2D eigenvalue weighted by atomic mass is 9.83. The molecule has 0 heterocycles. The highest BCUT2D eigenvalue weighted by Gasteiger charge is 2.21. The predicted molar refractivity (Wildman–Crippen MR) is 279 cm³/mol. The van der Waals surface area contributed by atoms with Crippen LogP contribution in [-0.2, 0) is 9.59 Å². The van der Waals surface area contributed by atoms with Gasteiger partial charge in [-0.25, -0.2) is 0 Å². The number of benzene rings is 6. The van der Waals surface area contributed by atoms with Crippen LogP contribution in [0.3, 0.4) is 0 Å². The van der Waals surface area contributed by atoms with Gasteiger partial charge in [-0.2, -0.15) is 0 Å². The van der Waals surface area contributed by atoms with Crippen molar-refractivity contribution < 1.29 is 43.3 Å². The maximum absolute atomic E-state index is 13.1. The summed E-state index contributed by atoms with van der Waals surface area (Å²) in [6.45, 7) is 11.4. The molecular formula is C58H64N4O9. The number of anilines is 3. The topological polar surface area (TPSA) is 189 Å². The summed E-state index contributed by atoms with van der Waals surface area (Å²) >= 11 is 0. The quantitative estimate of drug-likeness (QED) is 0.0437. The second kappa shape index (κ2) is 26.6. The van der Waals surface area contributed by atoms with Crippen LogP contribution in [-0.4, -0.2) is 47.3 Å². The van der Waals surface area contributed by atoms with Gasteiger partial charge in [0, 0.05) is 70.3 Å². The first-order chi connectivity index (χ1) is 34.1. The molecule has 0 bridgehead atoms. The van der Waals surface area contributed by atoms with Gasteiger partial charge in [0.25, 0.3) is 17.7 Å². The molecule has 3 atom stereocenters. The number of phenolic OH excluding ortho intramolecular Hbond substituents is 1. The molecule has 0 aromatic heterocycles. The minimum absolute atomic E-state index is 0.0776. The second-order valence-corrected chi connectivity index (χ2v) is 17.4. The summed E-state index contributed by atoms with van der Waals surface area (Å²) in [5.41, 5.74) is 3.49. The van der Waals surface area contributed by atoms with Crippen LogP contribution in [0.2, 0.25) is 0 Å². The highest BCUT2D eigenvalue weighted by atomic mass is 16.5. The normalized spacial score (nSPS) is 11.9. The van der Waals surface area contributed by atoms with Gasteiger partial charge in [0.2, 0.25) is 5.91 Å². The van der Waals surface area contributed by atoms with Crippen molar-refractivity contribution in [2.24, 2.45) is 17.8 Å². The van der Waals surface area contributed by atoms with Crippen molar-refractivity contribution in [2.75, 3.05) is 23.0 Å². The average Bonchev–Trinajstić information content (AvgIpc) is 3.36. The van der Waals surface area contributed by atoms with Crippen LogP contribution in [0.5, 0.6) is 28.7 Å². The zero-order valence-electron chi connectivity index (χ0n) is 41.5. The van der Waals surface area contributed by atoms with Crippen LogP contribution in [0.25, 0.3) is 0 Å². The third-order valence-electron chi connectivity index (χ3n) is 12.1. The van der Waals surface area contributed by atoms with E-state index in [0.717, 1.165) is 44.1 Å². The van der Waals surface area contributed by atoms with Crippen molar-refractivity contribution in [3.8, 4) is 28.7 Å². The van der Waals surface area contributed by atoms with Gasteiger partial charge in [-0.1, -0.05) is 69.2 Å². The molecule has 0 saturated heterocycles.